The Labute approximate surface area is 153 Å². The van der Waals surface area contributed by atoms with Crippen molar-refractivity contribution in [1.29, 1.82) is 0 Å². The zero-order chi connectivity index (χ0) is 18.1. The molecule has 1 aliphatic rings. The molecule has 0 bridgehead atoms. The van der Waals surface area contributed by atoms with Gasteiger partial charge in [-0.15, -0.1) is 11.3 Å². The summed E-state index contributed by atoms with van der Waals surface area (Å²) in [5, 5.41) is 5.40. The van der Waals surface area contributed by atoms with Crippen LogP contribution in [0.5, 0.6) is 0 Å². The maximum Gasteiger partial charge on any atom is 0.271 e. The second-order valence-corrected chi connectivity index (χ2v) is 7.24. The van der Waals surface area contributed by atoms with Crippen LogP contribution in [0.1, 0.15) is 39.2 Å². The highest BCUT2D eigenvalue weighted by Crippen LogP contribution is 2.25. The van der Waals surface area contributed by atoms with Gasteiger partial charge in [-0.3, -0.25) is 4.79 Å². The van der Waals surface area contributed by atoms with Gasteiger partial charge >= 0.3 is 0 Å². The number of imidazole rings is 1. The number of aromatic amines is 1. The second kappa shape index (κ2) is 6.87. The van der Waals surface area contributed by atoms with Gasteiger partial charge in [-0.2, -0.15) is 0 Å². The molecule has 1 aliphatic heterocycles. The summed E-state index contributed by atoms with van der Waals surface area (Å²) in [6.07, 6.45) is 2.02. The number of nitrogens with two attached hydrogens (primary N) is 1. The number of aryl methyl sites for hydroxylation is 2. The van der Waals surface area contributed by atoms with Gasteiger partial charge in [0, 0.05) is 30.0 Å². The number of H-pyrrole nitrogens is 1. The van der Waals surface area contributed by atoms with Crippen LogP contribution in [0.3, 0.4) is 0 Å². The molecule has 0 saturated heterocycles. The van der Waals surface area contributed by atoms with Gasteiger partial charge in [0.1, 0.15) is 17.3 Å². The highest BCUT2D eigenvalue weighted by atomic mass is 32.1. The maximum atomic E-state index is 13.2. The van der Waals surface area contributed by atoms with Crippen molar-refractivity contribution in [2.24, 2.45) is 0 Å². The number of fused-ring (bicyclic) bond motifs is 1. The third-order valence-corrected chi connectivity index (χ3v) is 5.25. The van der Waals surface area contributed by atoms with E-state index in [1.807, 2.05) is 5.38 Å². The first-order valence-corrected chi connectivity index (χ1v) is 9.28. The number of nitrogen functional groups attached to an aromatic ring is 1. The molecule has 134 valence electrons. The molecular formula is C18H18FN5OS. The van der Waals surface area contributed by atoms with E-state index in [2.05, 4.69) is 20.3 Å². The molecule has 0 radical (unpaired) electrons. The fourth-order valence-electron chi connectivity index (χ4n) is 3.19. The number of aromatic nitrogens is 3. The zero-order valence-corrected chi connectivity index (χ0v) is 14.8. The van der Waals surface area contributed by atoms with Crippen LogP contribution in [-0.2, 0) is 19.3 Å². The number of hydrogen-bond acceptors (Lipinski definition) is 5. The molecule has 0 unspecified atom stereocenters. The lowest BCUT2D eigenvalue weighted by Gasteiger charge is -2.14. The highest BCUT2D eigenvalue weighted by molar-refractivity contribution is 7.13. The summed E-state index contributed by atoms with van der Waals surface area (Å²) in [7, 11) is 0. The average Bonchev–Trinajstić information content (AvgIpc) is 3.20. The molecule has 1 aromatic carbocycles. The lowest BCUT2D eigenvalue weighted by Crippen LogP contribution is -2.26. The third-order valence-electron chi connectivity index (χ3n) is 4.53. The van der Waals surface area contributed by atoms with Gasteiger partial charge in [0.25, 0.3) is 5.91 Å². The van der Waals surface area contributed by atoms with Crippen LogP contribution in [0.25, 0.3) is 0 Å². The summed E-state index contributed by atoms with van der Waals surface area (Å²) < 4.78 is 13.2. The van der Waals surface area contributed by atoms with E-state index in [1.54, 1.807) is 12.1 Å². The summed E-state index contributed by atoms with van der Waals surface area (Å²) in [5.74, 6) is 0.396. The molecule has 0 saturated carbocycles. The average molecular weight is 371 g/mol. The van der Waals surface area contributed by atoms with E-state index in [0.717, 1.165) is 22.8 Å². The summed E-state index contributed by atoms with van der Waals surface area (Å²) in [6, 6.07) is 6.42. The number of hydrogen-bond donors (Lipinski definition) is 3. The number of carbonyl (C=O) groups is 1. The quantitative estimate of drug-likeness (QED) is 0.656. The molecule has 1 amide bonds. The van der Waals surface area contributed by atoms with E-state index in [1.165, 1.54) is 23.5 Å². The van der Waals surface area contributed by atoms with Crippen molar-refractivity contribution in [2.75, 3.05) is 12.3 Å². The van der Waals surface area contributed by atoms with Gasteiger partial charge in [-0.1, -0.05) is 12.1 Å². The van der Waals surface area contributed by atoms with E-state index < -0.39 is 0 Å². The Kier molecular flexibility index (Phi) is 4.42. The van der Waals surface area contributed by atoms with Crippen LogP contribution in [0.15, 0.2) is 29.6 Å². The Hall–Kier alpha value is -2.74. The molecule has 0 fully saturated rings. The standard InChI is InChI=1S/C18H18FN5OS/c19-12-3-1-10(2-4-12)11-7-14-16(17(25)21-8-11)24-15(23-14)6-5-13-9-26-18(20)22-13/h1-4,9,11H,5-8H2,(H2,20,22)(H,21,25)(H,23,24)/t11-/m0/s1. The van der Waals surface area contributed by atoms with E-state index in [4.69, 9.17) is 5.73 Å². The first-order chi connectivity index (χ1) is 12.6. The van der Waals surface area contributed by atoms with Crippen molar-refractivity contribution < 1.29 is 9.18 Å². The van der Waals surface area contributed by atoms with Crippen LogP contribution in [-0.4, -0.2) is 27.4 Å². The number of thiazole rings is 1. The maximum absolute atomic E-state index is 13.2. The van der Waals surface area contributed by atoms with Gasteiger partial charge in [-0.25, -0.2) is 14.4 Å². The van der Waals surface area contributed by atoms with Gasteiger partial charge in [0.2, 0.25) is 0 Å². The second-order valence-electron chi connectivity index (χ2n) is 6.35. The lowest BCUT2D eigenvalue weighted by atomic mass is 9.94. The molecule has 26 heavy (non-hydrogen) atoms. The highest BCUT2D eigenvalue weighted by Gasteiger charge is 2.26. The Morgan fingerprint density at radius 3 is 2.77 bits per heavy atom. The van der Waals surface area contributed by atoms with Gasteiger partial charge in [-0.05, 0) is 30.5 Å². The fraction of sp³-hybridized carbons (Fsp3) is 0.278. The van der Waals surface area contributed by atoms with E-state index >= 15 is 0 Å². The lowest BCUT2D eigenvalue weighted by molar-refractivity contribution is 0.0950. The first kappa shape index (κ1) is 16.7. The monoisotopic (exact) mass is 371 g/mol. The minimum absolute atomic E-state index is 0.0763. The topological polar surface area (TPSA) is 96.7 Å². The Balaban J connectivity index is 1.53. The molecule has 0 spiro atoms. The molecule has 0 aliphatic carbocycles. The number of nitrogens with zero attached hydrogens (tertiary/aromatic N) is 2. The smallest absolute Gasteiger partial charge is 0.271 e. The predicted octanol–water partition coefficient (Wildman–Crippen LogP) is 2.44. The van der Waals surface area contributed by atoms with Crippen molar-refractivity contribution in [3.05, 3.63) is 63.9 Å². The van der Waals surface area contributed by atoms with Crippen LogP contribution < -0.4 is 11.1 Å². The Morgan fingerprint density at radius 2 is 2.04 bits per heavy atom. The number of benzene rings is 1. The van der Waals surface area contributed by atoms with Crippen LogP contribution in [0.4, 0.5) is 9.52 Å². The number of amides is 1. The number of nitrogens with one attached hydrogen (secondary N) is 2. The Bertz CT molecular complexity index is 933. The summed E-state index contributed by atoms with van der Waals surface area (Å²) in [4.78, 5) is 24.4. The molecule has 3 aromatic rings. The van der Waals surface area contributed by atoms with Gasteiger partial charge < -0.3 is 16.0 Å². The molecule has 1 atom stereocenters. The van der Waals surface area contributed by atoms with E-state index in [9.17, 15) is 9.18 Å². The molecule has 4 rings (SSSR count). The number of anilines is 1. The SMILES string of the molecule is Nc1nc(CCc2nc3c([nH]2)C[C@H](c2ccc(F)cc2)CNC3=O)cs1. The minimum Gasteiger partial charge on any atom is -0.375 e. The molecule has 4 N–H and O–H groups in total. The number of carbonyl (C=O) groups excluding carboxylic acids is 1. The molecular weight excluding hydrogens is 353 g/mol. The summed E-state index contributed by atoms with van der Waals surface area (Å²) >= 11 is 1.41. The van der Waals surface area contributed by atoms with Crippen molar-refractivity contribution >= 4 is 22.4 Å². The third kappa shape index (κ3) is 3.45. The van der Waals surface area contributed by atoms with Crippen LogP contribution >= 0.6 is 11.3 Å². The van der Waals surface area contributed by atoms with Gasteiger partial charge in [0.05, 0.1) is 5.69 Å². The first-order valence-electron chi connectivity index (χ1n) is 8.40. The van der Waals surface area contributed by atoms with Crippen LogP contribution in [0.2, 0.25) is 0 Å². The minimum atomic E-state index is -0.265. The fourth-order valence-corrected chi connectivity index (χ4v) is 3.79. The van der Waals surface area contributed by atoms with Crippen molar-refractivity contribution in [3.63, 3.8) is 0 Å². The van der Waals surface area contributed by atoms with Gasteiger partial charge in [0.15, 0.2) is 5.13 Å². The molecule has 6 nitrogen and oxygen atoms in total. The summed E-state index contributed by atoms with van der Waals surface area (Å²) in [6.45, 7) is 0.502. The molecule has 8 heteroatoms. The van der Waals surface area contributed by atoms with Crippen molar-refractivity contribution in [1.82, 2.24) is 20.3 Å². The number of rotatable bonds is 4. The molecule has 3 heterocycles. The normalized spacial score (nSPS) is 16.8. The zero-order valence-electron chi connectivity index (χ0n) is 14.0. The molecule has 2 aromatic heterocycles. The summed E-state index contributed by atoms with van der Waals surface area (Å²) in [5.41, 5.74) is 8.84. The van der Waals surface area contributed by atoms with E-state index in [-0.39, 0.29) is 17.6 Å². The predicted molar refractivity (Wildman–Crippen MR) is 97.7 cm³/mol. The largest absolute Gasteiger partial charge is 0.375 e. The van der Waals surface area contributed by atoms with Crippen molar-refractivity contribution in [3.8, 4) is 0 Å². The van der Waals surface area contributed by atoms with E-state index in [0.29, 0.717) is 36.6 Å². The Morgan fingerprint density at radius 1 is 1.23 bits per heavy atom. The van der Waals surface area contributed by atoms with Crippen molar-refractivity contribution in [2.45, 2.75) is 25.2 Å². The van der Waals surface area contributed by atoms with Crippen LogP contribution in [0, 0.1) is 5.82 Å². The number of halogens is 1.